The molecule has 0 saturated carbocycles. The maximum Gasteiger partial charge on any atom is 0.151 e. The van der Waals surface area contributed by atoms with Crippen molar-refractivity contribution in [1.29, 1.82) is 0 Å². The van der Waals surface area contributed by atoms with Crippen molar-refractivity contribution in [2.75, 3.05) is 30.5 Å². The number of benzene rings is 1. The van der Waals surface area contributed by atoms with Crippen LogP contribution in [-0.4, -0.2) is 33.6 Å². The summed E-state index contributed by atoms with van der Waals surface area (Å²) in [5.41, 5.74) is 1.98. The van der Waals surface area contributed by atoms with Gasteiger partial charge in [0, 0.05) is 18.0 Å². The molecule has 0 atom stereocenters. The molecule has 0 saturated heterocycles. The minimum absolute atomic E-state index is 0.162. The highest BCUT2D eigenvalue weighted by atomic mass is 32.2. The van der Waals surface area contributed by atoms with Crippen LogP contribution in [-0.2, 0) is 9.84 Å². The van der Waals surface area contributed by atoms with E-state index in [1.165, 1.54) is 0 Å². The van der Waals surface area contributed by atoms with Crippen LogP contribution in [0.25, 0.3) is 0 Å². The summed E-state index contributed by atoms with van der Waals surface area (Å²) in [6.07, 6.45) is 0. The Kier molecular flexibility index (Phi) is 4.81. The van der Waals surface area contributed by atoms with E-state index in [0.717, 1.165) is 17.0 Å². The van der Waals surface area contributed by atoms with Gasteiger partial charge in [-0.15, -0.1) is 0 Å². The van der Waals surface area contributed by atoms with Crippen molar-refractivity contribution in [3.63, 3.8) is 0 Å². The van der Waals surface area contributed by atoms with Crippen LogP contribution in [0.4, 0.5) is 5.69 Å². The van der Waals surface area contributed by atoms with Gasteiger partial charge in [0.25, 0.3) is 0 Å². The van der Waals surface area contributed by atoms with Crippen LogP contribution < -0.4 is 10.1 Å². The molecule has 1 N–H and O–H groups in total. The molecule has 0 fully saturated rings. The predicted molar refractivity (Wildman–Crippen MR) is 70.5 cm³/mol. The first kappa shape index (κ1) is 13.8. The Bertz CT molecular complexity index is 469. The zero-order valence-electron chi connectivity index (χ0n) is 10.5. The third-order valence-electron chi connectivity index (χ3n) is 2.60. The van der Waals surface area contributed by atoms with Gasteiger partial charge in [-0.25, -0.2) is 8.42 Å². The van der Waals surface area contributed by atoms with E-state index in [0.29, 0.717) is 6.54 Å². The van der Waals surface area contributed by atoms with Gasteiger partial charge in [0.2, 0.25) is 0 Å². The van der Waals surface area contributed by atoms with Crippen molar-refractivity contribution in [2.45, 2.75) is 13.8 Å². The summed E-state index contributed by atoms with van der Waals surface area (Å²) in [6, 6.07) is 5.66. The second kappa shape index (κ2) is 5.91. The zero-order valence-corrected chi connectivity index (χ0v) is 11.3. The Morgan fingerprint density at radius 2 is 2.06 bits per heavy atom. The first-order valence-electron chi connectivity index (χ1n) is 5.57. The lowest BCUT2D eigenvalue weighted by atomic mass is 10.2. The van der Waals surface area contributed by atoms with Gasteiger partial charge in [0.05, 0.1) is 12.9 Å². The molecule has 1 aromatic rings. The predicted octanol–water partition coefficient (Wildman–Crippen LogP) is 1.85. The second-order valence-corrected chi connectivity index (χ2v) is 6.32. The van der Waals surface area contributed by atoms with Crippen molar-refractivity contribution >= 4 is 15.5 Å². The van der Waals surface area contributed by atoms with Gasteiger partial charge in [-0.05, 0) is 30.7 Å². The molecule has 1 rings (SSSR count). The van der Waals surface area contributed by atoms with Gasteiger partial charge in [-0.1, -0.05) is 6.92 Å². The van der Waals surface area contributed by atoms with Gasteiger partial charge in [0.15, 0.2) is 9.84 Å². The molecule has 0 aliphatic rings. The Morgan fingerprint density at radius 1 is 1.35 bits per heavy atom. The number of sulfone groups is 1. The highest BCUT2D eigenvalue weighted by Crippen LogP contribution is 2.20. The smallest absolute Gasteiger partial charge is 0.151 e. The van der Waals surface area contributed by atoms with Crippen LogP contribution in [0.3, 0.4) is 0 Å². The summed E-state index contributed by atoms with van der Waals surface area (Å²) in [4.78, 5) is 0. The number of methoxy groups -OCH3 is 1. The molecule has 0 bridgehead atoms. The molecule has 0 aliphatic carbocycles. The van der Waals surface area contributed by atoms with Crippen molar-refractivity contribution in [3.8, 4) is 5.75 Å². The summed E-state index contributed by atoms with van der Waals surface area (Å²) < 4.78 is 27.7. The van der Waals surface area contributed by atoms with Gasteiger partial charge < -0.3 is 10.1 Å². The fourth-order valence-electron chi connectivity index (χ4n) is 1.45. The zero-order chi connectivity index (χ0) is 12.9. The lowest BCUT2D eigenvalue weighted by Crippen LogP contribution is -2.17. The lowest BCUT2D eigenvalue weighted by Gasteiger charge is -2.10. The number of ether oxygens (including phenoxy) is 1. The van der Waals surface area contributed by atoms with Crippen molar-refractivity contribution in [1.82, 2.24) is 0 Å². The maximum atomic E-state index is 11.3. The first-order chi connectivity index (χ1) is 7.98. The average molecular weight is 257 g/mol. The third-order valence-corrected chi connectivity index (χ3v) is 4.31. The third kappa shape index (κ3) is 4.26. The van der Waals surface area contributed by atoms with Crippen molar-refractivity contribution in [3.05, 3.63) is 23.8 Å². The number of hydrogen-bond donors (Lipinski definition) is 1. The number of anilines is 1. The fraction of sp³-hybridized carbons (Fsp3) is 0.500. The Hall–Kier alpha value is -1.23. The van der Waals surface area contributed by atoms with Crippen LogP contribution in [0.1, 0.15) is 12.5 Å². The molecule has 96 valence electrons. The molecule has 5 heteroatoms. The molecular formula is C12H19NO3S. The Morgan fingerprint density at radius 3 is 2.59 bits per heavy atom. The van der Waals surface area contributed by atoms with E-state index in [1.807, 2.05) is 25.1 Å². The van der Waals surface area contributed by atoms with Gasteiger partial charge >= 0.3 is 0 Å². The monoisotopic (exact) mass is 257 g/mol. The van der Waals surface area contributed by atoms with Crippen LogP contribution in [0.15, 0.2) is 18.2 Å². The normalized spacial score (nSPS) is 11.2. The van der Waals surface area contributed by atoms with Gasteiger partial charge in [-0.3, -0.25) is 0 Å². The van der Waals surface area contributed by atoms with Crippen molar-refractivity contribution in [2.24, 2.45) is 0 Å². The topological polar surface area (TPSA) is 55.4 Å². The van der Waals surface area contributed by atoms with E-state index in [4.69, 9.17) is 4.74 Å². The minimum atomic E-state index is -2.90. The minimum Gasteiger partial charge on any atom is -0.497 e. The SMILES string of the molecule is CCS(=O)(=O)CCNc1ccc(OC)cc1C. The van der Waals surface area contributed by atoms with E-state index in [2.05, 4.69) is 5.32 Å². The molecule has 0 unspecified atom stereocenters. The van der Waals surface area contributed by atoms with Crippen LogP contribution >= 0.6 is 0 Å². The Balaban J connectivity index is 2.58. The van der Waals surface area contributed by atoms with Gasteiger partial charge in [-0.2, -0.15) is 0 Å². The van der Waals surface area contributed by atoms with Gasteiger partial charge in [0.1, 0.15) is 5.75 Å². The molecule has 0 spiro atoms. The first-order valence-corrected chi connectivity index (χ1v) is 7.39. The summed E-state index contributed by atoms with van der Waals surface area (Å²) in [5, 5.41) is 3.12. The molecule has 17 heavy (non-hydrogen) atoms. The molecular weight excluding hydrogens is 238 g/mol. The average Bonchev–Trinajstić information content (AvgIpc) is 2.31. The Labute approximate surface area is 103 Å². The fourth-order valence-corrected chi connectivity index (χ4v) is 2.15. The number of rotatable bonds is 6. The van der Waals surface area contributed by atoms with E-state index < -0.39 is 9.84 Å². The molecule has 0 amide bonds. The quantitative estimate of drug-likeness (QED) is 0.845. The lowest BCUT2D eigenvalue weighted by molar-refractivity contribution is 0.414. The van der Waals surface area contributed by atoms with Crippen molar-refractivity contribution < 1.29 is 13.2 Å². The molecule has 0 aromatic heterocycles. The molecule has 4 nitrogen and oxygen atoms in total. The number of aryl methyl sites for hydroxylation is 1. The largest absolute Gasteiger partial charge is 0.497 e. The van der Waals surface area contributed by atoms with E-state index in [-0.39, 0.29) is 11.5 Å². The summed E-state index contributed by atoms with van der Waals surface area (Å²) in [5.74, 6) is 1.15. The second-order valence-electron chi connectivity index (χ2n) is 3.84. The molecule has 0 radical (unpaired) electrons. The van der Waals surface area contributed by atoms with E-state index in [1.54, 1.807) is 14.0 Å². The van der Waals surface area contributed by atoms with E-state index >= 15 is 0 Å². The van der Waals surface area contributed by atoms with Crippen LogP contribution in [0.2, 0.25) is 0 Å². The van der Waals surface area contributed by atoms with Crippen LogP contribution in [0, 0.1) is 6.92 Å². The maximum absolute atomic E-state index is 11.3. The summed E-state index contributed by atoms with van der Waals surface area (Å²) in [6.45, 7) is 4.05. The standard InChI is InChI=1S/C12H19NO3S/c1-4-17(14,15)8-7-13-12-6-5-11(16-3)9-10(12)2/h5-6,9,13H,4,7-8H2,1-3H3. The molecule has 0 aliphatic heterocycles. The highest BCUT2D eigenvalue weighted by Gasteiger charge is 2.07. The summed E-state index contributed by atoms with van der Waals surface area (Å²) >= 11 is 0. The molecule has 1 aromatic carbocycles. The molecule has 0 heterocycles. The van der Waals surface area contributed by atoms with E-state index in [9.17, 15) is 8.42 Å². The van der Waals surface area contributed by atoms with Crippen LogP contribution in [0.5, 0.6) is 5.75 Å². The highest BCUT2D eigenvalue weighted by molar-refractivity contribution is 7.91. The number of hydrogen-bond acceptors (Lipinski definition) is 4. The number of nitrogens with one attached hydrogen (secondary N) is 1. The summed E-state index contributed by atoms with van der Waals surface area (Å²) in [7, 11) is -1.28.